The molecule has 0 N–H and O–H groups in total. The second kappa shape index (κ2) is 5.82. The van der Waals surface area contributed by atoms with Crippen LogP contribution in [-0.2, 0) is 6.42 Å². The lowest BCUT2D eigenvalue weighted by Crippen LogP contribution is -2.06. The van der Waals surface area contributed by atoms with E-state index in [-0.39, 0.29) is 18.2 Å². The zero-order valence-corrected chi connectivity index (χ0v) is 11.4. The highest BCUT2D eigenvalue weighted by molar-refractivity contribution is 9.10. The van der Waals surface area contributed by atoms with Crippen LogP contribution in [0.15, 0.2) is 34.9 Å². The van der Waals surface area contributed by atoms with Gasteiger partial charge in [0, 0.05) is 0 Å². The van der Waals surface area contributed by atoms with Gasteiger partial charge in [0.05, 0.1) is 21.9 Å². The number of benzene rings is 1. The van der Waals surface area contributed by atoms with Crippen molar-refractivity contribution >= 4 is 15.9 Å². The van der Waals surface area contributed by atoms with E-state index in [1.54, 1.807) is 12.1 Å². The molecule has 4 nitrogen and oxygen atoms in total. The molecule has 0 atom stereocenters. The van der Waals surface area contributed by atoms with Crippen LogP contribution >= 0.6 is 15.9 Å². The lowest BCUT2D eigenvalue weighted by Gasteiger charge is -2.12. The molecule has 1 aromatic rings. The van der Waals surface area contributed by atoms with Gasteiger partial charge in [0.25, 0.3) is 0 Å². The van der Waals surface area contributed by atoms with Gasteiger partial charge in [0.15, 0.2) is 0 Å². The first-order valence-electron chi connectivity index (χ1n) is 5.17. The maximum absolute atomic E-state index is 10.5. The minimum Gasteiger partial charge on any atom is -0.490 e. The number of allylic oxidation sites excluding steroid dienone is 1. The second-order valence-corrected chi connectivity index (χ2v) is 4.79. The first-order chi connectivity index (χ1) is 7.90. The van der Waals surface area contributed by atoms with Crippen molar-refractivity contribution in [3.63, 3.8) is 0 Å². The fourth-order valence-corrected chi connectivity index (χ4v) is 1.82. The summed E-state index contributed by atoms with van der Waals surface area (Å²) in [5, 5.41) is 10.5. The van der Waals surface area contributed by atoms with Gasteiger partial charge in [-0.3, -0.25) is 10.1 Å². The van der Waals surface area contributed by atoms with Gasteiger partial charge >= 0.3 is 0 Å². The first kappa shape index (κ1) is 13.7. The molecule has 0 bridgehead atoms. The predicted molar refractivity (Wildman–Crippen MR) is 69.7 cm³/mol. The molecule has 1 rings (SSSR count). The van der Waals surface area contributed by atoms with Crippen LogP contribution < -0.4 is 4.74 Å². The largest absolute Gasteiger partial charge is 0.490 e. The van der Waals surface area contributed by atoms with E-state index < -0.39 is 4.92 Å². The molecular weight excluding hydrogens is 286 g/mol. The van der Waals surface area contributed by atoms with Crippen LogP contribution in [0.5, 0.6) is 5.75 Å². The average molecular weight is 300 g/mol. The molecule has 0 heterocycles. The van der Waals surface area contributed by atoms with Crippen LogP contribution in [0.4, 0.5) is 0 Å². The zero-order valence-electron chi connectivity index (χ0n) is 9.77. The Morgan fingerprint density at radius 3 is 2.71 bits per heavy atom. The molecule has 1 aromatic carbocycles. The van der Waals surface area contributed by atoms with E-state index in [2.05, 4.69) is 22.5 Å². The molecule has 5 heteroatoms. The Labute approximate surface area is 109 Å². The molecule has 0 aliphatic carbocycles. The summed E-state index contributed by atoms with van der Waals surface area (Å²) in [5.41, 5.74) is 0.809. The van der Waals surface area contributed by atoms with Gasteiger partial charge < -0.3 is 4.74 Å². The molecule has 0 saturated heterocycles. The van der Waals surface area contributed by atoms with E-state index in [0.29, 0.717) is 0 Å². The van der Waals surface area contributed by atoms with Gasteiger partial charge in [-0.1, -0.05) is 6.07 Å². The summed E-state index contributed by atoms with van der Waals surface area (Å²) in [4.78, 5) is 10.0. The molecule has 0 unspecified atom stereocenters. The fraction of sp³-hybridized carbons (Fsp3) is 0.333. The Hall–Kier alpha value is -1.36. The van der Waals surface area contributed by atoms with Crippen LogP contribution in [0.1, 0.15) is 19.4 Å². The fourth-order valence-electron chi connectivity index (χ4n) is 1.30. The maximum Gasteiger partial charge on any atom is 0.243 e. The van der Waals surface area contributed by atoms with Crippen molar-refractivity contribution < 1.29 is 9.66 Å². The van der Waals surface area contributed by atoms with Gasteiger partial charge in [-0.15, -0.1) is 0 Å². The summed E-state index contributed by atoms with van der Waals surface area (Å²) in [6.07, 6.45) is 0.319. The van der Waals surface area contributed by atoms with Crippen molar-refractivity contribution in [1.29, 1.82) is 0 Å². The van der Waals surface area contributed by atoms with Gasteiger partial charge in [-0.25, -0.2) is 0 Å². The Kier molecular flexibility index (Phi) is 4.69. The SMILES string of the molecule is C=C(Cc1ccc(OC(C)C)c(Br)c1)[N+](=O)[O-]. The number of halogens is 1. The third-order valence-corrected chi connectivity index (χ3v) is 2.65. The molecule has 0 aliphatic rings. The number of hydrogen-bond donors (Lipinski definition) is 0. The molecular formula is C12H14BrNO3. The van der Waals surface area contributed by atoms with Crippen LogP contribution in [0, 0.1) is 10.1 Å². The lowest BCUT2D eigenvalue weighted by atomic mass is 10.1. The highest BCUT2D eigenvalue weighted by Gasteiger charge is 2.10. The molecule has 92 valence electrons. The van der Waals surface area contributed by atoms with E-state index in [0.717, 1.165) is 15.8 Å². The number of hydrogen-bond acceptors (Lipinski definition) is 3. The minimum atomic E-state index is -0.466. The van der Waals surface area contributed by atoms with E-state index >= 15 is 0 Å². The smallest absolute Gasteiger partial charge is 0.243 e. The Morgan fingerprint density at radius 1 is 1.59 bits per heavy atom. The van der Waals surface area contributed by atoms with Crippen molar-refractivity contribution in [2.24, 2.45) is 0 Å². The number of nitro groups is 1. The third kappa shape index (κ3) is 4.19. The monoisotopic (exact) mass is 299 g/mol. The highest BCUT2D eigenvalue weighted by atomic mass is 79.9. The van der Waals surface area contributed by atoms with Crippen LogP contribution in [-0.4, -0.2) is 11.0 Å². The molecule has 0 aliphatic heterocycles. The summed E-state index contributed by atoms with van der Waals surface area (Å²) < 4.78 is 6.34. The maximum atomic E-state index is 10.5. The van der Waals surface area contributed by atoms with Crippen LogP contribution in [0.25, 0.3) is 0 Å². The minimum absolute atomic E-state index is 0.0190. The average Bonchev–Trinajstić information content (AvgIpc) is 2.21. The van der Waals surface area contributed by atoms with Crippen molar-refractivity contribution in [2.45, 2.75) is 26.4 Å². The Morgan fingerprint density at radius 2 is 2.24 bits per heavy atom. The lowest BCUT2D eigenvalue weighted by molar-refractivity contribution is -0.426. The Bertz CT molecular complexity index is 443. The van der Waals surface area contributed by atoms with Gasteiger partial charge in [-0.2, -0.15) is 0 Å². The summed E-state index contributed by atoms with van der Waals surface area (Å²) in [5.74, 6) is 0.732. The van der Waals surface area contributed by atoms with Crippen LogP contribution in [0.2, 0.25) is 0 Å². The standard InChI is InChI=1S/C12H14BrNO3/c1-8(2)17-12-5-4-10(7-11(12)13)6-9(3)14(15)16/h4-5,7-8H,3,6H2,1-2H3. The van der Waals surface area contributed by atoms with Crippen molar-refractivity contribution in [3.8, 4) is 5.75 Å². The number of rotatable bonds is 5. The van der Waals surface area contributed by atoms with Crippen molar-refractivity contribution in [3.05, 3.63) is 50.6 Å². The number of nitrogens with zero attached hydrogens (tertiary/aromatic N) is 1. The molecule has 0 amide bonds. The normalized spacial score (nSPS) is 10.4. The first-order valence-corrected chi connectivity index (χ1v) is 5.96. The highest BCUT2D eigenvalue weighted by Crippen LogP contribution is 2.27. The quantitative estimate of drug-likeness (QED) is 0.617. The topological polar surface area (TPSA) is 52.4 Å². The van der Waals surface area contributed by atoms with E-state index in [9.17, 15) is 10.1 Å². The predicted octanol–water partition coefficient (Wildman–Crippen LogP) is 3.57. The Balaban J connectivity index is 2.82. The molecule has 0 saturated carbocycles. The van der Waals surface area contributed by atoms with Gasteiger partial charge in [0.2, 0.25) is 5.70 Å². The molecule has 0 aromatic heterocycles. The molecule has 0 radical (unpaired) electrons. The summed E-state index contributed by atoms with van der Waals surface area (Å²) in [7, 11) is 0. The van der Waals surface area contributed by atoms with Crippen molar-refractivity contribution in [2.75, 3.05) is 0 Å². The number of ether oxygens (including phenoxy) is 1. The van der Waals surface area contributed by atoms with E-state index in [1.807, 2.05) is 19.9 Å². The molecule has 0 spiro atoms. The van der Waals surface area contributed by atoms with E-state index in [4.69, 9.17) is 4.74 Å². The van der Waals surface area contributed by atoms with Gasteiger partial charge in [0.1, 0.15) is 5.75 Å². The van der Waals surface area contributed by atoms with Crippen LogP contribution in [0.3, 0.4) is 0 Å². The molecule has 17 heavy (non-hydrogen) atoms. The zero-order chi connectivity index (χ0) is 13.0. The summed E-state index contributed by atoms with van der Waals surface area (Å²) >= 11 is 3.38. The van der Waals surface area contributed by atoms with Gasteiger partial charge in [-0.05, 0) is 54.1 Å². The summed E-state index contributed by atoms with van der Waals surface area (Å²) in [6.45, 7) is 7.28. The second-order valence-electron chi connectivity index (χ2n) is 3.93. The third-order valence-electron chi connectivity index (χ3n) is 2.03. The summed E-state index contributed by atoms with van der Waals surface area (Å²) in [6, 6.07) is 5.41. The van der Waals surface area contributed by atoms with E-state index in [1.165, 1.54) is 0 Å². The van der Waals surface area contributed by atoms with Crippen molar-refractivity contribution in [1.82, 2.24) is 0 Å². The molecule has 0 fully saturated rings.